The van der Waals surface area contributed by atoms with Gasteiger partial charge in [0.25, 0.3) is 0 Å². The van der Waals surface area contributed by atoms with Gasteiger partial charge in [0.15, 0.2) is 0 Å². The van der Waals surface area contributed by atoms with E-state index >= 15 is 0 Å². The van der Waals surface area contributed by atoms with E-state index in [4.69, 9.17) is 10.5 Å². The van der Waals surface area contributed by atoms with E-state index in [9.17, 15) is 8.42 Å². The van der Waals surface area contributed by atoms with E-state index < -0.39 is 10.0 Å². The molecule has 0 saturated carbocycles. The lowest BCUT2D eigenvalue weighted by Crippen LogP contribution is -2.51. The molecule has 0 amide bonds. The second-order valence-electron chi connectivity index (χ2n) is 5.86. The van der Waals surface area contributed by atoms with E-state index in [2.05, 4.69) is 6.92 Å². The first-order valence-corrected chi connectivity index (χ1v) is 9.39. The van der Waals surface area contributed by atoms with Crippen LogP contribution in [0.4, 0.5) is 0 Å². The topological polar surface area (TPSA) is 72.6 Å². The molecule has 1 aromatic carbocycles. The van der Waals surface area contributed by atoms with Gasteiger partial charge >= 0.3 is 0 Å². The fraction of sp³-hybridized carbons (Fsp3) is 0.625. The van der Waals surface area contributed by atoms with E-state index in [-0.39, 0.29) is 6.04 Å². The Morgan fingerprint density at radius 3 is 2.59 bits per heavy atom. The van der Waals surface area contributed by atoms with Gasteiger partial charge in [-0.2, -0.15) is 4.31 Å². The largest absolute Gasteiger partial charge is 0.494 e. The number of sulfonamides is 1. The monoisotopic (exact) mass is 326 g/mol. The number of nitrogens with zero attached hydrogens (tertiary/aromatic N) is 1. The molecule has 6 heteroatoms. The van der Waals surface area contributed by atoms with Gasteiger partial charge < -0.3 is 10.5 Å². The summed E-state index contributed by atoms with van der Waals surface area (Å²) in [5.41, 5.74) is 5.81. The summed E-state index contributed by atoms with van der Waals surface area (Å²) in [4.78, 5) is 0.309. The van der Waals surface area contributed by atoms with Crippen molar-refractivity contribution in [2.24, 2.45) is 11.7 Å². The van der Waals surface area contributed by atoms with Crippen molar-refractivity contribution in [1.29, 1.82) is 0 Å². The highest BCUT2D eigenvalue weighted by Gasteiger charge is 2.36. The van der Waals surface area contributed by atoms with Gasteiger partial charge in [-0.3, -0.25) is 0 Å². The number of nitrogens with two attached hydrogens (primary N) is 1. The van der Waals surface area contributed by atoms with Gasteiger partial charge in [-0.1, -0.05) is 13.8 Å². The van der Waals surface area contributed by atoms with Gasteiger partial charge in [-0.15, -0.1) is 0 Å². The van der Waals surface area contributed by atoms with Crippen LogP contribution in [0.3, 0.4) is 0 Å². The van der Waals surface area contributed by atoms with E-state index in [0.717, 1.165) is 19.3 Å². The van der Waals surface area contributed by atoms with Crippen LogP contribution in [0, 0.1) is 5.92 Å². The molecule has 1 fully saturated rings. The Bertz CT molecular complexity index is 572. The minimum absolute atomic E-state index is 0.116. The van der Waals surface area contributed by atoms with Crippen LogP contribution in [0.15, 0.2) is 29.2 Å². The molecule has 124 valence electrons. The van der Waals surface area contributed by atoms with Crippen molar-refractivity contribution in [2.75, 3.05) is 19.7 Å². The summed E-state index contributed by atoms with van der Waals surface area (Å²) in [7, 11) is -3.50. The Balaban J connectivity index is 2.21. The number of benzene rings is 1. The smallest absolute Gasteiger partial charge is 0.243 e. The van der Waals surface area contributed by atoms with E-state index in [1.54, 1.807) is 28.6 Å². The lowest BCUT2D eigenvalue weighted by atomic mass is 9.93. The van der Waals surface area contributed by atoms with E-state index in [1.807, 2.05) is 6.92 Å². The SMILES string of the molecule is CCCOc1ccc(S(=O)(=O)N2CCCC(C)C2CN)cc1. The lowest BCUT2D eigenvalue weighted by Gasteiger charge is -2.38. The normalized spacial score (nSPS) is 23.4. The van der Waals surface area contributed by atoms with Crippen LogP contribution in [0.25, 0.3) is 0 Å². The van der Waals surface area contributed by atoms with Crippen LogP contribution >= 0.6 is 0 Å². The van der Waals surface area contributed by atoms with Gasteiger partial charge in [0.05, 0.1) is 11.5 Å². The molecule has 2 N–H and O–H groups in total. The third kappa shape index (κ3) is 3.62. The summed E-state index contributed by atoms with van der Waals surface area (Å²) in [6, 6.07) is 6.55. The van der Waals surface area contributed by atoms with Crippen molar-refractivity contribution in [1.82, 2.24) is 4.31 Å². The van der Waals surface area contributed by atoms with E-state index in [0.29, 0.717) is 36.3 Å². The molecule has 1 saturated heterocycles. The van der Waals surface area contributed by atoms with Gasteiger partial charge in [0.1, 0.15) is 5.75 Å². The highest BCUT2D eigenvalue weighted by atomic mass is 32.2. The van der Waals surface area contributed by atoms with Crippen molar-refractivity contribution in [3.63, 3.8) is 0 Å². The summed E-state index contributed by atoms with van der Waals surface area (Å²) in [6.07, 6.45) is 2.83. The maximum atomic E-state index is 12.9. The highest BCUT2D eigenvalue weighted by Crippen LogP contribution is 2.29. The highest BCUT2D eigenvalue weighted by molar-refractivity contribution is 7.89. The first kappa shape index (κ1) is 17.2. The standard InChI is InChI=1S/C16H26N2O3S/c1-3-11-21-14-6-8-15(9-7-14)22(19,20)18-10-4-5-13(2)16(18)12-17/h6-9,13,16H,3-5,10-12,17H2,1-2H3. The molecule has 1 aliphatic heterocycles. The Labute approximate surface area is 133 Å². The molecule has 2 unspecified atom stereocenters. The average molecular weight is 326 g/mol. The number of piperidine rings is 1. The summed E-state index contributed by atoms with van der Waals surface area (Å²) in [6.45, 7) is 5.63. The molecule has 0 radical (unpaired) electrons. The van der Waals surface area contributed by atoms with Crippen molar-refractivity contribution in [2.45, 2.75) is 44.0 Å². The Morgan fingerprint density at radius 2 is 2.00 bits per heavy atom. The number of ether oxygens (including phenoxy) is 1. The molecular formula is C16H26N2O3S. The van der Waals surface area contributed by atoms with Crippen LogP contribution in [0.5, 0.6) is 5.75 Å². The molecule has 1 heterocycles. The first-order chi connectivity index (χ1) is 10.5. The number of rotatable bonds is 6. The molecule has 22 heavy (non-hydrogen) atoms. The molecule has 2 atom stereocenters. The van der Waals surface area contributed by atoms with Crippen LogP contribution in [-0.2, 0) is 10.0 Å². The zero-order valence-electron chi connectivity index (χ0n) is 13.4. The average Bonchev–Trinajstić information content (AvgIpc) is 2.53. The van der Waals surface area contributed by atoms with Crippen LogP contribution in [0.1, 0.15) is 33.1 Å². The molecule has 0 aromatic heterocycles. The van der Waals surface area contributed by atoms with E-state index in [1.165, 1.54) is 0 Å². The molecule has 0 aliphatic carbocycles. The minimum Gasteiger partial charge on any atom is -0.494 e. The summed E-state index contributed by atoms with van der Waals surface area (Å²) in [5, 5.41) is 0. The summed E-state index contributed by atoms with van der Waals surface area (Å²) >= 11 is 0. The first-order valence-electron chi connectivity index (χ1n) is 7.95. The second kappa shape index (κ2) is 7.44. The van der Waals surface area contributed by atoms with Crippen molar-refractivity contribution >= 4 is 10.0 Å². The molecule has 0 spiro atoms. The van der Waals surface area contributed by atoms with Crippen LogP contribution < -0.4 is 10.5 Å². The van der Waals surface area contributed by atoms with Gasteiger partial charge in [-0.05, 0) is 49.4 Å². The molecular weight excluding hydrogens is 300 g/mol. The third-order valence-corrected chi connectivity index (χ3v) is 6.15. The van der Waals surface area contributed by atoms with Crippen molar-refractivity contribution < 1.29 is 13.2 Å². The molecule has 5 nitrogen and oxygen atoms in total. The number of hydrogen-bond acceptors (Lipinski definition) is 4. The van der Waals surface area contributed by atoms with Gasteiger partial charge in [0, 0.05) is 19.1 Å². The molecule has 1 aromatic rings. The predicted octanol–water partition coefficient (Wildman–Crippen LogP) is 2.22. The summed E-state index contributed by atoms with van der Waals surface area (Å²) in [5.74, 6) is 0.990. The quantitative estimate of drug-likeness (QED) is 0.870. The number of hydrogen-bond donors (Lipinski definition) is 1. The summed E-state index contributed by atoms with van der Waals surface area (Å²) < 4.78 is 32.8. The zero-order chi connectivity index (χ0) is 16.2. The molecule has 2 rings (SSSR count). The fourth-order valence-electron chi connectivity index (χ4n) is 2.92. The van der Waals surface area contributed by atoms with Crippen molar-refractivity contribution in [3.05, 3.63) is 24.3 Å². The maximum Gasteiger partial charge on any atom is 0.243 e. The Kier molecular flexibility index (Phi) is 5.83. The maximum absolute atomic E-state index is 12.9. The molecule has 1 aliphatic rings. The lowest BCUT2D eigenvalue weighted by molar-refractivity contribution is 0.192. The van der Waals surface area contributed by atoms with Gasteiger partial charge in [0.2, 0.25) is 10.0 Å². The van der Waals surface area contributed by atoms with Crippen LogP contribution in [-0.4, -0.2) is 38.5 Å². The van der Waals surface area contributed by atoms with Gasteiger partial charge in [-0.25, -0.2) is 8.42 Å². The minimum atomic E-state index is -3.50. The zero-order valence-corrected chi connectivity index (χ0v) is 14.2. The predicted molar refractivity (Wildman–Crippen MR) is 87.4 cm³/mol. The third-order valence-electron chi connectivity index (χ3n) is 4.21. The second-order valence-corrected chi connectivity index (χ2v) is 7.75. The fourth-order valence-corrected chi connectivity index (χ4v) is 4.69. The molecule has 0 bridgehead atoms. The Hall–Kier alpha value is -1.11. The Morgan fingerprint density at radius 1 is 1.32 bits per heavy atom. The van der Waals surface area contributed by atoms with Crippen molar-refractivity contribution in [3.8, 4) is 5.75 Å². The van der Waals surface area contributed by atoms with Crippen LogP contribution in [0.2, 0.25) is 0 Å².